The van der Waals surface area contributed by atoms with Gasteiger partial charge in [0.25, 0.3) is 0 Å². The molecule has 5 heteroatoms. The Kier molecular flexibility index (Phi) is 4.98. The second-order valence-electron chi connectivity index (χ2n) is 3.82. The molecule has 0 amide bonds. The zero-order valence-electron chi connectivity index (χ0n) is 9.78. The highest BCUT2D eigenvalue weighted by Crippen LogP contribution is 2.10. The molecule has 1 heterocycles. The lowest BCUT2D eigenvalue weighted by Crippen LogP contribution is -2.31. The van der Waals surface area contributed by atoms with Crippen molar-refractivity contribution >= 4 is 23.0 Å². The average Bonchev–Trinajstić information content (AvgIpc) is 2.27. The highest BCUT2D eigenvalue weighted by Gasteiger charge is 1.99. The minimum Gasteiger partial charge on any atom is -0.481 e. The first-order valence-corrected chi connectivity index (χ1v) is 5.57. The Morgan fingerprint density at radius 2 is 2.25 bits per heavy atom. The molecular weight excluding hydrogens is 222 g/mol. The van der Waals surface area contributed by atoms with Crippen molar-refractivity contribution in [2.24, 2.45) is 5.92 Å². The van der Waals surface area contributed by atoms with Crippen molar-refractivity contribution in [2.45, 2.75) is 13.8 Å². The number of anilines is 1. The van der Waals surface area contributed by atoms with Crippen molar-refractivity contribution in [1.82, 2.24) is 10.3 Å². The third-order valence-corrected chi connectivity index (χ3v) is 2.12. The van der Waals surface area contributed by atoms with Gasteiger partial charge in [-0.15, -0.1) is 0 Å². The topological polar surface area (TPSA) is 46.2 Å². The first kappa shape index (κ1) is 12.7. The summed E-state index contributed by atoms with van der Waals surface area (Å²) >= 11 is 5.13. The molecule has 0 aliphatic carbocycles. The van der Waals surface area contributed by atoms with Crippen molar-refractivity contribution in [3.05, 3.63) is 18.3 Å². The molecule has 0 aliphatic rings. The highest BCUT2D eigenvalue weighted by atomic mass is 32.1. The van der Waals surface area contributed by atoms with Crippen molar-refractivity contribution in [3.63, 3.8) is 0 Å². The molecule has 0 unspecified atom stereocenters. The highest BCUT2D eigenvalue weighted by molar-refractivity contribution is 7.80. The maximum absolute atomic E-state index is 5.13. The van der Waals surface area contributed by atoms with Gasteiger partial charge in [-0.3, -0.25) is 0 Å². The van der Waals surface area contributed by atoms with Crippen LogP contribution in [0.2, 0.25) is 0 Å². The van der Waals surface area contributed by atoms with Crippen LogP contribution in [0.4, 0.5) is 5.69 Å². The van der Waals surface area contributed by atoms with E-state index in [4.69, 9.17) is 17.0 Å². The van der Waals surface area contributed by atoms with E-state index in [1.54, 1.807) is 19.4 Å². The SMILES string of the molecule is COc1ccc(NC(=S)NCC(C)C)cn1. The number of ether oxygens (including phenoxy) is 1. The van der Waals surface area contributed by atoms with Crippen LogP contribution in [0.1, 0.15) is 13.8 Å². The number of nitrogens with one attached hydrogen (secondary N) is 2. The lowest BCUT2D eigenvalue weighted by molar-refractivity contribution is 0.398. The Bertz CT molecular complexity index is 338. The second kappa shape index (κ2) is 6.27. The first-order chi connectivity index (χ1) is 7.61. The van der Waals surface area contributed by atoms with Crippen molar-refractivity contribution < 1.29 is 4.74 Å². The van der Waals surface area contributed by atoms with Gasteiger partial charge in [0.1, 0.15) is 0 Å². The number of thiocarbonyl (C=S) groups is 1. The summed E-state index contributed by atoms with van der Waals surface area (Å²) in [4.78, 5) is 4.07. The third kappa shape index (κ3) is 4.44. The van der Waals surface area contributed by atoms with Crippen LogP contribution >= 0.6 is 12.2 Å². The minimum atomic E-state index is 0.564. The quantitative estimate of drug-likeness (QED) is 0.787. The summed E-state index contributed by atoms with van der Waals surface area (Å²) in [5, 5.41) is 6.78. The molecule has 1 rings (SSSR count). The van der Waals surface area contributed by atoms with Crippen LogP contribution in [-0.2, 0) is 0 Å². The fraction of sp³-hybridized carbons (Fsp3) is 0.455. The summed E-state index contributed by atoms with van der Waals surface area (Å²) in [5.41, 5.74) is 0.849. The van der Waals surface area contributed by atoms with Gasteiger partial charge in [0.05, 0.1) is 19.0 Å². The molecule has 0 aromatic carbocycles. The van der Waals surface area contributed by atoms with Crippen molar-refractivity contribution in [2.75, 3.05) is 19.0 Å². The van der Waals surface area contributed by atoms with Crippen LogP contribution in [0.15, 0.2) is 18.3 Å². The van der Waals surface area contributed by atoms with Crippen LogP contribution < -0.4 is 15.4 Å². The number of hydrogen-bond donors (Lipinski definition) is 2. The van der Waals surface area contributed by atoms with E-state index in [0.717, 1.165) is 12.2 Å². The van der Waals surface area contributed by atoms with Crippen molar-refractivity contribution in [3.8, 4) is 5.88 Å². The number of aromatic nitrogens is 1. The van der Waals surface area contributed by atoms with Crippen LogP contribution in [0.3, 0.4) is 0 Å². The van der Waals surface area contributed by atoms with Crippen LogP contribution in [0, 0.1) is 5.92 Å². The maximum Gasteiger partial charge on any atom is 0.213 e. The van der Waals surface area contributed by atoms with Gasteiger partial charge in [0, 0.05) is 12.6 Å². The number of pyridine rings is 1. The molecule has 0 spiro atoms. The van der Waals surface area contributed by atoms with E-state index >= 15 is 0 Å². The molecule has 0 bridgehead atoms. The summed E-state index contributed by atoms with van der Waals surface area (Å²) in [5.74, 6) is 1.15. The Morgan fingerprint density at radius 3 is 2.75 bits per heavy atom. The van der Waals surface area contributed by atoms with E-state index in [2.05, 4.69) is 29.5 Å². The standard InChI is InChI=1S/C11H17N3OS/c1-8(2)6-13-11(16)14-9-4-5-10(15-3)12-7-9/h4-5,7-8H,6H2,1-3H3,(H2,13,14,16). The van der Waals surface area contributed by atoms with E-state index in [0.29, 0.717) is 16.9 Å². The fourth-order valence-electron chi connectivity index (χ4n) is 1.05. The molecule has 0 saturated carbocycles. The maximum atomic E-state index is 5.13. The predicted octanol–water partition coefficient (Wildman–Crippen LogP) is 2.03. The smallest absolute Gasteiger partial charge is 0.213 e. The molecule has 0 aliphatic heterocycles. The van der Waals surface area contributed by atoms with E-state index < -0.39 is 0 Å². The lowest BCUT2D eigenvalue weighted by atomic mass is 10.2. The largest absolute Gasteiger partial charge is 0.481 e. The average molecular weight is 239 g/mol. The fourth-order valence-corrected chi connectivity index (χ4v) is 1.25. The first-order valence-electron chi connectivity index (χ1n) is 5.16. The van der Waals surface area contributed by atoms with Gasteiger partial charge >= 0.3 is 0 Å². The molecule has 88 valence electrons. The number of nitrogens with zero attached hydrogens (tertiary/aromatic N) is 1. The molecule has 0 saturated heterocycles. The Labute approximate surface area is 101 Å². The summed E-state index contributed by atoms with van der Waals surface area (Å²) in [6.07, 6.45) is 1.68. The third-order valence-electron chi connectivity index (χ3n) is 1.87. The van der Waals surface area contributed by atoms with Gasteiger partial charge in [-0.1, -0.05) is 13.8 Å². The number of methoxy groups -OCH3 is 1. The minimum absolute atomic E-state index is 0.564. The summed E-state index contributed by atoms with van der Waals surface area (Å²) < 4.78 is 4.97. The molecule has 1 aromatic heterocycles. The second-order valence-corrected chi connectivity index (χ2v) is 4.23. The monoisotopic (exact) mass is 239 g/mol. The molecule has 0 radical (unpaired) electrons. The normalized spacial score (nSPS) is 10.0. The summed E-state index contributed by atoms with van der Waals surface area (Å²) in [7, 11) is 1.59. The molecule has 2 N–H and O–H groups in total. The van der Waals surface area contributed by atoms with Crippen LogP contribution in [-0.4, -0.2) is 23.8 Å². The molecule has 16 heavy (non-hydrogen) atoms. The molecule has 0 fully saturated rings. The van der Waals surface area contributed by atoms with Crippen LogP contribution in [0.25, 0.3) is 0 Å². The molecular formula is C11H17N3OS. The van der Waals surface area contributed by atoms with Gasteiger partial charge in [-0.25, -0.2) is 4.98 Å². The Balaban J connectivity index is 2.43. The van der Waals surface area contributed by atoms with Crippen LogP contribution in [0.5, 0.6) is 5.88 Å². The van der Waals surface area contributed by atoms with Gasteiger partial charge in [0.2, 0.25) is 5.88 Å². The van der Waals surface area contributed by atoms with Crippen molar-refractivity contribution in [1.29, 1.82) is 0 Å². The number of rotatable bonds is 4. The van der Waals surface area contributed by atoms with Gasteiger partial charge in [-0.2, -0.15) is 0 Å². The molecule has 4 nitrogen and oxygen atoms in total. The zero-order chi connectivity index (χ0) is 12.0. The predicted molar refractivity (Wildman–Crippen MR) is 69.9 cm³/mol. The van der Waals surface area contributed by atoms with E-state index in [1.165, 1.54) is 0 Å². The van der Waals surface area contributed by atoms with Gasteiger partial charge in [0.15, 0.2) is 5.11 Å². The molecule has 1 aromatic rings. The van der Waals surface area contributed by atoms with E-state index in [1.807, 2.05) is 6.07 Å². The lowest BCUT2D eigenvalue weighted by Gasteiger charge is -2.11. The molecule has 0 atom stereocenters. The number of hydrogen-bond acceptors (Lipinski definition) is 3. The van der Waals surface area contributed by atoms with Gasteiger partial charge in [-0.05, 0) is 24.2 Å². The Morgan fingerprint density at radius 1 is 1.50 bits per heavy atom. The Hall–Kier alpha value is -1.36. The zero-order valence-corrected chi connectivity index (χ0v) is 10.6. The summed E-state index contributed by atoms with van der Waals surface area (Å²) in [6, 6.07) is 3.66. The van der Waals surface area contributed by atoms with Gasteiger partial charge < -0.3 is 15.4 Å². The van der Waals surface area contributed by atoms with E-state index in [-0.39, 0.29) is 0 Å². The van der Waals surface area contributed by atoms with E-state index in [9.17, 15) is 0 Å². The summed E-state index contributed by atoms with van der Waals surface area (Å²) in [6.45, 7) is 5.12.